The van der Waals surface area contributed by atoms with Gasteiger partial charge in [-0.3, -0.25) is 0 Å². The fourth-order valence-corrected chi connectivity index (χ4v) is 2.18. The van der Waals surface area contributed by atoms with Crippen molar-refractivity contribution in [3.05, 3.63) is 36.0 Å². The Balaban J connectivity index is 1.94. The summed E-state index contributed by atoms with van der Waals surface area (Å²) < 4.78 is 42.2. The Hall–Kier alpha value is -1.53. The maximum atomic E-state index is 11.9. The van der Waals surface area contributed by atoms with Gasteiger partial charge in [0.05, 0.1) is 12.1 Å². The molecule has 1 N–H and O–H groups in total. The molecule has 0 bridgehead atoms. The zero-order valence-corrected chi connectivity index (χ0v) is 10.9. The smallest absolute Gasteiger partial charge is 0.392 e. The van der Waals surface area contributed by atoms with Gasteiger partial charge in [-0.2, -0.15) is 13.2 Å². The number of nitrogens with zero attached hydrogens (tertiary/aromatic N) is 1. The first-order chi connectivity index (χ1) is 9.51. The summed E-state index contributed by atoms with van der Waals surface area (Å²) in [5.74, 6) is 0. The Morgan fingerprint density at radius 1 is 1.20 bits per heavy atom. The number of alkyl halides is 3. The molecule has 0 saturated carbocycles. The van der Waals surface area contributed by atoms with E-state index >= 15 is 0 Å². The molecule has 0 aliphatic carbocycles. The SMILES string of the molecule is OCc1cccc2ccn(CCCOCC(F)(F)F)c12. The van der Waals surface area contributed by atoms with Crippen molar-refractivity contribution in [1.82, 2.24) is 4.57 Å². The quantitative estimate of drug-likeness (QED) is 0.828. The zero-order valence-electron chi connectivity index (χ0n) is 10.9. The number of benzene rings is 1. The van der Waals surface area contributed by atoms with Crippen LogP contribution in [0.25, 0.3) is 10.9 Å². The summed E-state index contributed by atoms with van der Waals surface area (Å²) in [6.45, 7) is -0.661. The van der Waals surface area contributed by atoms with Crippen LogP contribution in [0.2, 0.25) is 0 Å². The van der Waals surface area contributed by atoms with Crippen molar-refractivity contribution < 1.29 is 23.0 Å². The largest absolute Gasteiger partial charge is 0.411 e. The summed E-state index contributed by atoms with van der Waals surface area (Å²) >= 11 is 0. The minimum Gasteiger partial charge on any atom is -0.392 e. The lowest BCUT2D eigenvalue weighted by molar-refractivity contribution is -0.174. The number of aromatic nitrogens is 1. The predicted molar refractivity (Wildman–Crippen MR) is 69.4 cm³/mol. The molecule has 6 heteroatoms. The topological polar surface area (TPSA) is 34.4 Å². The molecule has 0 radical (unpaired) electrons. The fourth-order valence-electron chi connectivity index (χ4n) is 2.18. The molecule has 0 unspecified atom stereocenters. The standard InChI is InChI=1S/C14H16F3NO2/c15-14(16,17)10-20-8-2-6-18-7-5-11-3-1-4-12(9-19)13(11)18/h1,3-5,7,19H,2,6,8-10H2. The van der Waals surface area contributed by atoms with Gasteiger partial charge in [-0.15, -0.1) is 0 Å². The number of para-hydroxylation sites is 1. The predicted octanol–water partition coefficient (Wildman–Crippen LogP) is 3.10. The van der Waals surface area contributed by atoms with Gasteiger partial charge >= 0.3 is 6.18 Å². The molecule has 0 amide bonds. The number of ether oxygens (including phenoxy) is 1. The number of fused-ring (bicyclic) bond motifs is 1. The van der Waals surface area contributed by atoms with Crippen molar-refractivity contribution in [3.63, 3.8) is 0 Å². The molecule has 0 aliphatic heterocycles. The molecule has 1 heterocycles. The first kappa shape index (κ1) is 14.9. The van der Waals surface area contributed by atoms with Gasteiger partial charge in [0.1, 0.15) is 6.61 Å². The van der Waals surface area contributed by atoms with E-state index in [0.717, 1.165) is 16.5 Å². The van der Waals surface area contributed by atoms with E-state index in [9.17, 15) is 18.3 Å². The van der Waals surface area contributed by atoms with Crippen LogP contribution >= 0.6 is 0 Å². The van der Waals surface area contributed by atoms with Gasteiger partial charge < -0.3 is 14.4 Å². The maximum absolute atomic E-state index is 11.9. The van der Waals surface area contributed by atoms with Crippen molar-refractivity contribution in [3.8, 4) is 0 Å². The van der Waals surface area contributed by atoms with E-state index in [1.165, 1.54) is 0 Å². The second-order valence-electron chi connectivity index (χ2n) is 4.54. The van der Waals surface area contributed by atoms with Gasteiger partial charge in [-0.25, -0.2) is 0 Å². The van der Waals surface area contributed by atoms with Gasteiger partial charge in [0, 0.05) is 24.9 Å². The highest BCUT2D eigenvalue weighted by atomic mass is 19.4. The van der Waals surface area contributed by atoms with Crippen LogP contribution in [0, 0.1) is 0 Å². The van der Waals surface area contributed by atoms with Crippen LogP contribution in [0.5, 0.6) is 0 Å². The molecule has 3 nitrogen and oxygen atoms in total. The molecule has 0 atom stereocenters. The van der Waals surface area contributed by atoms with Crippen LogP contribution in [0.3, 0.4) is 0 Å². The first-order valence-electron chi connectivity index (χ1n) is 6.33. The van der Waals surface area contributed by atoms with E-state index in [2.05, 4.69) is 4.74 Å². The summed E-state index contributed by atoms with van der Waals surface area (Å²) in [5.41, 5.74) is 1.73. The van der Waals surface area contributed by atoms with Crippen molar-refractivity contribution in [2.45, 2.75) is 25.7 Å². The summed E-state index contributed by atoms with van der Waals surface area (Å²) in [4.78, 5) is 0. The van der Waals surface area contributed by atoms with Gasteiger partial charge in [0.25, 0.3) is 0 Å². The lowest BCUT2D eigenvalue weighted by Gasteiger charge is -2.10. The van der Waals surface area contributed by atoms with Crippen LogP contribution in [-0.4, -0.2) is 29.1 Å². The normalized spacial score (nSPS) is 12.2. The number of aryl methyl sites for hydroxylation is 1. The third-order valence-corrected chi connectivity index (χ3v) is 3.00. The molecule has 2 rings (SSSR count). The second-order valence-corrected chi connectivity index (χ2v) is 4.54. The number of rotatable bonds is 6. The van der Waals surface area contributed by atoms with Gasteiger partial charge in [0.2, 0.25) is 0 Å². The average Bonchev–Trinajstić information content (AvgIpc) is 2.80. The minimum absolute atomic E-state index is 0.0560. The fraction of sp³-hybridized carbons (Fsp3) is 0.429. The third-order valence-electron chi connectivity index (χ3n) is 3.00. The molecule has 110 valence electrons. The van der Waals surface area contributed by atoms with Crippen LogP contribution in [0.1, 0.15) is 12.0 Å². The van der Waals surface area contributed by atoms with Crippen LogP contribution < -0.4 is 0 Å². The number of halogens is 3. The average molecular weight is 287 g/mol. The lowest BCUT2D eigenvalue weighted by atomic mass is 10.1. The molecule has 0 saturated heterocycles. The number of aliphatic hydroxyl groups is 1. The highest BCUT2D eigenvalue weighted by Gasteiger charge is 2.27. The van der Waals surface area contributed by atoms with Gasteiger partial charge in [-0.1, -0.05) is 18.2 Å². The Bertz CT molecular complexity index is 563. The molecule has 0 aliphatic rings. The Morgan fingerprint density at radius 3 is 2.70 bits per heavy atom. The Labute approximate surface area is 114 Å². The van der Waals surface area contributed by atoms with E-state index in [0.29, 0.717) is 13.0 Å². The molecule has 0 spiro atoms. The van der Waals surface area contributed by atoms with Crippen molar-refractivity contribution in [1.29, 1.82) is 0 Å². The lowest BCUT2D eigenvalue weighted by Crippen LogP contribution is -2.17. The van der Waals surface area contributed by atoms with Crippen molar-refractivity contribution >= 4 is 10.9 Å². The van der Waals surface area contributed by atoms with E-state index in [-0.39, 0.29) is 13.2 Å². The molecule has 2 aromatic rings. The molecule has 1 aromatic carbocycles. The molecular formula is C14H16F3NO2. The van der Waals surface area contributed by atoms with E-state index < -0.39 is 12.8 Å². The first-order valence-corrected chi connectivity index (χ1v) is 6.33. The molecule has 0 fully saturated rings. The van der Waals surface area contributed by atoms with E-state index in [4.69, 9.17) is 0 Å². The van der Waals surface area contributed by atoms with E-state index in [1.54, 1.807) is 0 Å². The van der Waals surface area contributed by atoms with Crippen LogP contribution in [-0.2, 0) is 17.9 Å². The Kier molecular flexibility index (Phi) is 4.67. The monoisotopic (exact) mass is 287 g/mol. The number of hydrogen-bond acceptors (Lipinski definition) is 2. The summed E-state index contributed by atoms with van der Waals surface area (Å²) in [7, 11) is 0. The summed E-state index contributed by atoms with van der Waals surface area (Å²) in [6, 6.07) is 7.56. The third kappa shape index (κ3) is 3.74. The van der Waals surface area contributed by atoms with Crippen molar-refractivity contribution in [2.75, 3.05) is 13.2 Å². The number of hydrogen-bond donors (Lipinski definition) is 1. The summed E-state index contributed by atoms with van der Waals surface area (Å²) in [5, 5.41) is 10.3. The zero-order chi connectivity index (χ0) is 14.6. The van der Waals surface area contributed by atoms with Gasteiger partial charge in [0.15, 0.2) is 0 Å². The van der Waals surface area contributed by atoms with Gasteiger partial charge in [-0.05, 0) is 17.9 Å². The molecule has 1 aromatic heterocycles. The summed E-state index contributed by atoms with van der Waals surface area (Å²) in [6.07, 6.45) is -1.92. The highest BCUT2D eigenvalue weighted by molar-refractivity contribution is 5.83. The maximum Gasteiger partial charge on any atom is 0.411 e. The molecular weight excluding hydrogens is 271 g/mol. The van der Waals surface area contributed by atoms with E-state index in [1.807, 2.05) is 35.0 Å². The minimum atomic E-state index is -4.27. The Morgan fingerprint density at radius 2 is 2.00 bits per heavy atom. The highest BCUT2D eigenvalue weighted by Crippen LogP contribution is 2.21. The number of aliphatic hydroxyl groups excluding tert-OH is 1. The second kappa shape index (κ2) is 6.28. The van der Waals surface area contributed by atoms with Crippen LogP contribution in [0.15, 0.2) is 30.5 Å². The van der Waals surface area contributed by atoms with Crippen LogP contribution in [0.4, 0.5) is 13.2 Å². The molecule has 20 heavy (non-hydrogen) atoms. The van der Waals surface area contributed by atoms with Crippen molar-refractivity contribution in [2.24, 2.45) is 0 Å².